The molecule has 2 fully saturated rings. The fourth-order valence-corrected chi connectivity index (χ4v) is 3.54. The molecule has 5 nitrogen and oxygen atoms in total. The molecule has 1 unspecified atom stereocenters. The largest absolute Gasteiger partial charge is 0.379 e. The summed E-state index contributed by atoms with van der Waals surface area (Å²) in [5.41, 5.74) is 1.33. The Bertz CT molecular complexity index is 389. The van der Waals surface area contributed by atoms with Crippen LogP contribution in [0.1, 0.15) is 31.2 Å². The summed E-state index contributed by atoms with van der Waals surface area (Å²) in [5.74, 6) is 0. The molecule has 0 aromatic carbocycles. The van der Waals surface area contributed by atoms with Crippen LogP contribution in [0, 0.1) is 0 Å². The third-order valence-electron chi connectivity index (χ3n) is 4.79. The SMILES string of the molecule is c1n[nH]cc1CCCN1CCCCC1CN1CCOCC1. The summed E-state index contributed by atoms with van der Waals surface area (Å²) < 4.78 is 5.46. The van der Waals surface area contributed by atoms with Crippen LogP contribution in [-0.2, 0) is 11.2 Å². The van der Waals surface area contributed by atoms with Gasteiger partial charge >= 0.3 is 0 Å². The summed E-state index contributed by atoms with van der Waals surface area (Å²) in [5, 5.41) is 6.92. The van der Waals surface area contributed by atoms with Gasteiger partial charge in [0.25, 0.3) is 0 Å². The van der Waals surface area contributed by atoms with Crippen molar-refractivity contribution in [3.63, 3.8) is 0 Å². The van der Waals surface area contributed by atoms with E-state index in [-0.39, 0.29) is 0 Å². The van der Waals surface area contributed by atoms with Crippen LogP contribution in [-0.4, -0.2) is 72.0 Å². The lowest BCUT2D eigenvalue weighted by Crippen LogP contribution is -2.49. The normalized spacial score (nSPS) is 25.2. The maximum atomic E-state index is 5.46. The Kier molecular flexibility index (Phi) is 5.66. The predicted octanol–water partition coefficient (Wildman–Crippen LogP) is 1.53. The Morgan fingerprint density at radius 2 is 2.14 bits per heavy atom. The molecule has 0 spiro atoms. The third kappa shape index (κ3) is 4.53. The average molecular weight is 292 g/mol. The molecule has 1 aromatic heterocycles. The Morgan fingerprint density at radius 1 is 1.24 bits per heavy atom. The number of rotatable bonds is 6. The second-order valence-electron chi connectivity index (χ2n) is 6.31. The maximum Gasteiger partial charge on any atom is 0.0594 e. The van der Waals surface area contributed by atoms with E-state index in [2.05, 4.69) is 20.0 Å². The molecule has 3 heterocycles. The van der Waals surface area contributed by atoms with E-state index < -0.39 is 0 Å². The lowest BCUT2D eigenvalue weighted by Gasteiger charge is -2.39. The van der Waals surface area contributed by atoms with Crippen molar-refractivity contribution in [1.29, 1.82) is 0 Å². The van der Waals surface area contributed by atoms with Crippen molar-refractivity contribution in [2.24, 2.45) is 0 Å². The van der Waals surface area contributed by atoms with E-state index in [1.165, 1.54) is 50.9 Å². The number of nitrogens with zero attached hydrogens (tertiary/aromatic N) is 3. The number of hydrogen-bond donors (Lipinski definition) is 1. The van der Waals surface area contributed by atoms with Crippen LogP contribution < -0.4 is 0 Å². The molecular weight excluding hydrogens is 264 g/mol. The van der Waals surface area contributed by atoms with Gasteiger partial charge in [-0.05, 0) is 44.3 Å². The number of ether oxygens (including phenoxy) is 1. The quantitative estimate of drug-likeness (QED) is 0.863. The average Bonchev–Trinajstić information content (AvgIpc) is 3.03. The molecule has 0 saturated carbocycles. The Labute approximate surface area is 127 Å². The van der Waals surface area contributed by atoms with Crippen molar-refractivity contribution >= 4 is 0 Å². The maximum absolute atomic E-state index is 5.46. The van der Waals surface area contributed by atoms with Gasteiger partial charge in [-0.25, -0.2) is 0 Å². The van der Waals surface area contributed by atoms with Crippen LogP contribution in [0.4, 0.5) is 0 Å². The topological polar surface area (TPSA) is 44.4 Å². The molecule has 0 bridgehead atoms. The summed E-state index contributed by atoms with van der Waals surface area (Å²) in [6.45, 7) is 7.77. The second-order valence-corrected chi connectivity index (χ2v) is 6.31. The van der Waals surface area contributed by atoms with Crippen molar-refractivity contribution in [2.45, 2.75) is 38.1 Å². The molecule has 1 aromatic rings. The van der Waals surface area contributed by atoms with E-state index >= 15 is 0 Å². The van der Waals surface area contributed by atoms with Gasteiger partial charge in [0.15, 0.2) is 0 Å². The Balaban J connectivity index is 1.44. The van der Waals surface area contributed by atoms with Gasteiger partial charge in [0, 0.05) is 31.9 Å². The van der Waals surface area contributed by atoms with Gasteiger partial charge in [0.05, 0.1) is 19.4 Å². The standard InChI is InChI=1S/C16H28N4O/c1-2-6-20(7-3-4-15-12-17-18-13-15)16(5-1)14-19-8-10-21-11-9-19/h12-13,16H,1-11,14H2,(H,17,18). The van der Waals surface area contributed by atoms with Crippen LogP contribution in [0.5, 0.6) is 0 Å². The first-order valence-corrected chi connectivity index (χ1v) is 8.43. The van der Waals surface area contributed by atoms with Crippen LogP contribution >= 0.6 is 0 Å². The molecule has 5 heteroatoms. The van der Waals surface area contributed by atoms with Crippen LogP contribution in [0.25, 0.3) is 0 Å². The summed E-state index contributed by atoms with van der Waals surface area (Å²) in [7, 11) is 0. The third-order valence-corrected chi connectivity index (χ3v) is 4.79. The monoisotopic (exact) mass is 292 g/mol. The Morgan fingerprint density at radius 3 is 2.95 bits per heavy atom. The van der Waals surface area contributed by atoms with Gasteiger partial charge in [0.1, 0.15) is 0 Å². The smallest absolute Gasteiger partial charge is 0.0594 e. The molecule has 2 aliphatic rings. The zero-order chi connectivity index (χ0) is 14.3. The summed E-state index contributed by atoms with van der Waals surface area (Å²) in [6, 6.07) is 0.751. The Hall–Kier alpha value is -0.910. The molecule has 0 radical (unpaired) electrons. The van der Waals surface area contributed by atoms with Crippen LogP contribution in [0.3, 0.4) is 0 Å². The molecule has 2 aliphatic heterocycles. The summed E-state index contributed by atoms with van der Waals surface area (Å²) >= 11 is 0. The number of aryl methyl sites for hydroxylation is 1. The highest BCUT2D eigenvalue weighted by Crippen LogP contribution is 2.19. The highest BCUT2D eigenvalue weighted by atomic mass is 16.5. The fraction of sp³-hybridized carbons (Fsp3) is 0.812. The lowest BCUT2D eigenvalue weighted by molar-refractivity contribution is 0.0166. The minimum atomic E-state index is 0.751. The molecule has 1 atom stereocenters. The van der Waals surface area contributed by atoms with E-state index in [9.17, 15) is 0 Å². The van der Waals surface area contributed by atoms with E-state index in [0.717, 1.165) is 38.8 Å². The zero-order valence-corrected chi connectivity index (χ0v) is 13.0. The van der Waals surface area contributed by atoms with Crippen molar-refractivity contribution < 1.29 is 4.74 Å². The van der Waals surface area contributed by atoms with Gasteiger partial charge < -0.3 is 4.74 Å². The minimum absolute atomic E-state index is 0.751. The van der Waals surface area contributed by atoms with Crippen LogP contribution in [0.2, 0.25) is 0 Å². The molecule has 118 valence electrons. The van der Waals surface area contributed by atoms with Gasteiger partial charge in [-0.2, -0.15) is 5.10 Å². The van der Waals surface area contributed by atoms with Crippen molar-refractivity contribution in [2.75, 3.05) is 45.9 Å². The fourth-order valence-electron chi connectivity index (χ4n) is 3.54. The van der Waals surface area contributed by atoms with E-state index in [4.69, 9.17) is 4.74 Å². The number of aromatic amines is 1. The molecule has 1 N–H and O–H groups in total. The molecule has 0 aliphatic carbocycles. The second kappa shape index (κ2) is 7.92. The first-order valence-electron chi connectivity index (χ1n) is 8.43. The first-order chi connectivity index (χ1) is 10.4. The molecule has 3 rings (SSSR count). The molecule has 21 heavy (non-hydrogen) atoms. The van der Waals surface area contributed by atoms with Crippen molar-refractivity contribution in [3.05, 3.63) is 18.0 Å². The number of piperidine rings is 1. The molecular formula is C16H28N4O. The minimum Gasteiger partial charge on any atom is -0.379 e. The molecule has 0 amide bonds. The van der Waals surface area contributed by atoms with E-state index in [0.29, 0.717) is 0 Å². The van der Waals surface area contributed by atoms with E-state index in [1.54, 1.807) is 0 Å². The number of H-pyrrole nitrogens is 1. The van der Waals surface area contributed by atoms with Crippen molar-refractivity contribution in [3.8, 4) is 0 Å². The van der Waals surface area contributed by atoms with Gasteiger partial charge in [-0.15, -0.1) is 0 Å². The number of likely N-dealkylation sites (tertiary alicyclic amines) is 1. The first kappa shape index (κ1) is 15.0. The van der Waals surface area contributed by atoms with E-state index in [1.807, 2.05) is 12.4 Å². The number of hydrogen-bond acceptors (Lipinski definition) is 4. The molecule has 2 saturated heterocycles. The highest BCUT2D eigenvalue weighted by molar-refractivity contribution is 5.02. The lowest BCUT2D eigenvalue weighted by atomic mass is 10.0. The van der Waals surface area contributed by atoms with Gasteiger partial charge in [-0.1, -0.05) is 6.42 Å². The van der Waals surface area contributed by atoms with Crippen LogP contribution in [0.15, 0.2) is 12.4 Å². The summed E-state index contributed by atoms with van der Waals surface area (Å²) in [6.07, 6.45) is 10.5. The number of morpholine rings is 1. The summed E-state index contributed by atoms with van der Waals surface area (Å²) in [4.78, 5) is 5.31. The van der Waals surface area contributed by atoms with Gasteiger partial charge in [-0.3, -0.25) is 14.9 Å². The zero-order valence-electron chi connectivity index (χ0n) is 13.0. The van der Waals surface area contributed by atoms with Crippen molar-refractivity contribution in [1.82, 2.24) is 20.0 Å². The predicted molar refractivity (Wildman–Crippen MR) is 83.4 cm³/mol. The number of nitrogens with one attached hydrogen (secondary N) is 1. The highest BCUT2D eigenvalue weighted by Gasteiger charge is 2.24. The number of aromatic nitrogens is 2. The van der Waals surface area contributed by atoms with Gasteiger partial charge in [0.2, 0.25) is 0 Å².